The molecule has 0 spiro atoms. The lowest BCUT2D eigenvalue weighted by Crippen LogP contribution is -2.41. The van der Waals surface area contributed by atoms with E-state index >= 15 is 0 Å². The van der Waals surface area contributed by atoms with E-state index in [1.807, 2.05) is 38.1 Å². The van der Waals surface area contributed by atoms with Crippen LogP contribution >= 0.6 is 11.8 Å². The number of benzene rings is 1. The number of nitrogens with zero attached hydrogens (tertiary/aromatic N) is 1. The van der Waals surface area contributed by atoms with E-state index in [1.165, 1.54) is 0 Å². The SMILES string of the molecule is CC(NC(=O)C1(C)CCCS1)c1nc2ccccc2[nH]1. The fraction of sp³-hybridized carbons (Fsp3) is 0.467. The van der Waals surface area contributed by atoms with Gasteiger partial charge in [-0.3, -0.25) is 4.79 Å². The molecule has 1 aliphatic heterocycles. The van der Waals surface area contributed by atoms with Crippen molar-refractivity contribution in [3.05, 3.63) is 30.1 Å². The van der Waals surface area contributed by atoms with E-state index in [-0.39, 0.29) is 16.7 Å². The van der Waals surface area contributed by atoms with Gasteiger partial charge in [0.2, 0.25) is 5.91 Å². The van der Waals surface area contributed by atoms with E-state index in [4.69, 9.17) is 0 Å². The van der Waals surface area contributed by atoms with Crippen LogP contribution in [0.2, 0.25) is 0 Å². The maximum absolute atomic E-state index is 12.4. The van der Waals surface area contributed by atoms with Crippen molar-refractivity contribution in [1.82, 2.24) is 15.3 Å². The second-order valence-electron chi connectivity index (χ2n) is 5.52. The van der Waals surface area contributed by atoms with Crippen molar-refractivity contribution in [2.45, 2.75) is 37.5 Å². The first kappa shape index (κ1) is 13.5. The number of nitrogens with one attached hydrogen (secondary N) is 2. The van der Waals surface area contributed by atoms with E-state index < -0.39 is 0 Å². The summed E-state index contributed by atoms with van der Waals surface area (Å²) in [6.07, 6.45) is 2.07. The Morgan fingerprint density at radius 2 is 2.30 bits per heavy atom. The van der Waals surface area contributed by atoms with Crippen molar-refractivity contribution in [3.8, 4) is 0 Å². The van der Waals surface area contributed by atoms with Crippen LogP contribution in [0.15, 0.2) is 24.3 Å². The highest BCUT2D eigenvalue weighted by Crippen LogP contribution is 2.38. The molecule has 2 unspecified atom stereocenters. The molecule has 2 atom stereocenters. The minimum Gasteiger partial charge on any atom is -0.345 e. The van der Waals surface area contributed by atoms with Gasteiger partial charge in [0, 0.05) is 0 Å². The van der Waals surface area contributed by atoms with Crippen LogP contribution in [-0.4, -0.2) is 26.4 Å². The second-order valence-corrected chi connectivity index (χ2v) is 7.12. The van der Waals surface area contributed by atoms with Gasteiger partial charge in [0.15, 0.2) is 0 Å². The Bertz CT molecular complexity index is 598. The lowest BCUT2D eigenvalue weighted by atomic mass is 10.0. The average molecular weight is 289 g/mol. The summed E-state index contributed by atoms with van der Waals surface area (Å²) in [5.41, 5.74) is 1.94. The fourth-order valence-electron chi connectivity index (χ4n) is 2.55. The molecule has 1 aliphatic rings. The van der Waals surface area contributed by atoms with E-state index in [0.29, 0.717) is 0 Å². The molecule has 1 fully saturated rings. The number of imidazole rings is 1. The van der Waals surface area contributed by atoms with Crippen LogP contribution in [0.4, 0.5) is 0 Å². The fourth-order valence-corrected chi connectivity index (χ4v) is 3.77. The second kappa shape index (κ2) is 5.13. The van der Waals surface area contributed by atoms with Crippen molar-refractivity contribution in [3.63, 3.8) is 0 Å². The molecule has 0 aliphatic carbocycles. The molecule has 1 aromatic carbocycles. The van der Waals surface area contributed by atoms with Gasteiger partial charge in [0.1, 0.15) is 5.82 Å². The number of hydrogen-bond donors (Lipinski definition) is 2. The molecule has 20 heavy (non-hydrogen) atoms. The highest BCUT2D eigenvalue weighted by molar-refractivity contribution is 8.01. The first-order valence-corrected chi connectivity index (χ1v) is 7.97. The first-order valence-electron chi connectivity index (χ1n) is 6.98. The molecule has 0 radical (unpaired) electrons. The normalized spacial score (nSPS) is 23.9. The monoisotopic (exact) mass is 289 g/mol. The quantitative estimate of drug-likeness (QED) is 0.913. The first-order chi connectivity index (χ1) is 9.58. The minimum atomic E-state index is -0.278. The Balaban J connectivity index is 1.75. The summed E-state index contributed by atoms with van der Waals surface area (Å²) >= 11 is 1.75. The van der Waals surface area contributed by atoms with Gasteiger partial charge in [-0.25, -0.2) is 4.98 Å². The molecular formula is C15H19N3OS. The van der Waals surface area contributed by atoms with Gasteiger partial charge in [0.05, 0.1) is 21.8 Å². The summed E-state index contributed by atoms with van der Waals surface area (Å²) in [5.74, 6) is 2.00. The summed E-state index contributed by atoms with van der Waals surface area (Å²) < 4.78 is -0.278. The molecule has 0 bridgehead atoms. The lowest BCUT2D eigenvalue weighted by molar-refractivity contribution is -0.123. The van der Waals surface area contributed by atoms with Gasteiger partial charge < -0.3 is 10.3 Å². The molecule has 106 valence electrons. The Labute approximate surface area is 122 Å². The zero-order valence-corrected chi connectivity index (χ0v) is 12.6. The number of rotatable bonds is 3. The van der Waals surface area contributed by atoms with Crippen molar-refractivity contribution in [2.75, 3.05) is 5.75 Å². The number of hydrogen-bond acceptors (Lipinski definition) is 3. The van der Waals surface area contributed by atoms with Crippen molar-refractivity contribution >= 4 is 28.7 Å². The van der Waals surface area contributed by atoms with Crippen LogP contribution in [-0.2, 0) is 4.79 Å². The zero-order valence-electron chi connectivity index (χ0n) is 11.8. The van der Waals surface area contributed by atoms with Crippen LogP contribution in [0, 0.1) is 0 Å². The number of para-hydroxylation sites is 2. The molecule has 2 aromatic rings. The number of aromatic nitrogens is 2. The Morgan fingerprint density at radius 3 is 3.00 bits per heavy atom. The number of aromatic amines is 1. The van der Waals surface area contributed by atoms with Crippen LogP contribution in [0.1, 0.15) is 38.6 Å². The number of amides is 1. The predicted molar refractivity (Wildman–Crippen MR) is 82.7 cm³/mol. The third-order valence-electron chi connectivity index (χ3n) is 3.86. The summed E-state index contributed by atoms with van der Waals surface area (Å²) in [5, 5.41) is 3.09. The number of thioether (sulfide) groups is 1. The van der Waals surface area contributed by atoms with Gasteiger partial charge in [-0.2, -0.15) is 0 Å². The maximum atomic E-state index is 12.4. The van der Waals surface area contributed by atoms with Crippen LogP contribution in [0.25, 0.3) is 11.0 Å². The van der Waals surface area contributed by atoms with Gasteiger partial charge in [-0.1, -0.05) is 12.1 Å². The molecule has 4 nitrogen and oxygen atoms in total. The molecule has 2 N–H and O–H groups in total. The lowest BCUT2D eigenvalue weighted by Gasteiger charge is -2.23. The molecule has 1 aromatic heterocycles. The standard InChI is InChI=1S/C15H19N3OS/c1-10(16-14(19)15(2)8-5-9-20-15)13-17-11-6-3-4-7-12(11)18-13/h3-4,6-7,10H,5,8-9H2,1-2H3,(H,16,19)(H,17,18). The summed E-state index contributed by atoms with van der Waals surface area (Å²) in [7, 11) is 0. The van der Waals surface area contributed by atoms with E-state index in [9.17, 15) is 4.79 Å². The number of carbonyl (C=O) groups is 1. The molecule has 5 heteroatoms. The van der Waals surface area contributed by atoms with Crippen molar-refractivity contribution in [2.24, 2.45) is 0 Å². The zero-order chi connectivity index (χ0) is 14.2. The van der Waals surface area contributed by atoms with E-state index in [2.05, 4.69) is 15.3 Å². The van der Waals surface area contributed by atoms with E-state index in [1.54, 1.807) is 11.8 Å². The molecule has 1 saturated heterocycles. The van der Waals surface area contributed by atoms with Crippen LogP contribution in [0.3, 0.4) is 0 Å². The molecule has 2 heterocycles. The maximum Gasteiger partial charge on any atom is 0.236 e. The largest absolute Gasteiger partial charge is 0.345 e. The molecule has 3 rings (SSSR count). The Morgan fingerprint density at radius 1 is 1.50 bits per heavy atom. The molecule has 0 saturated carbocycles. The summed E-state index contributed by atoms with van der Waals surface area (Å²) in [6.45, 7) is 4.00. The average Bonchev–Trinajstić information content (AvgIpc) is 3.05. The number of fused-ring (bicyclic) bond motifs is 1. The van der Waals surface area contributed by atoms with Gasteiger partial charge >= 0.3 is 0 Å². The Kier molecular flexibility index (Phi) is 3.46. The topological polar surface area (TPSA) is 57.8 Å². The number of carbonyl (C=O) groups excluding carboxylic acids is 1. The number of H-pyrrole nitrogens is 1. The molecule has 1 amide bonds. The van der Waals surface area contributed by atoms with Gasteiger partial charge in [-0.15, -0.1) is 11.8 Å². The van der Waals surface area contributed by atoms with Gasteiger partial charge in [-0.05, 0) is 44.6 Å². The summed E-state index contributed by atoms with van der Waals surface area (Å²) in [6, 6.07) is 7.80. The smallest absolute Gasteiger partial charge is 0.236 e. The van der Waals surface area contributed by atoms with Gasteiger partial charge in [0.25, 0.3) is 0 Å². The third kappa shape index (κ3) is 2.42. The Hall–Kier alpha value is -1.49. The minimum absolute atomic E-state index is 0.104. The summed E-state index contributed by atoms with van der Waals surface area (Å²) in [4.78, 5) is 20.2. The predicted octanol–water partition coefficient (Wildman–Crippen LogP) is 3.03. The van der Waals surface area contributed by atoms with Crippen LogP contribution < -0.4 is 5.32 Å². The molecular weight excluding hydrogens is 270 g/mol. The highest BCUT2D eigenvalue weighted by Gasteiger charge is 2.37. The third-order valence-corrected chi connectivity index (χ3v) is 5.38. The van der Waals surface area contributed by atoms with Crippen molar-refractivity contribution in [1.29, 1.82) is 0 Å². The van der Waals surface area contributed by atoms with E-state index in [0.717, 1.165) is 35.5 Å². The van der Waals surface area contributed by atoms with Crippen molar-refractivity contribution < 1.29 is 4.79 Å². The van der Waals surface area contributed by atoms with Crippen LogP contribution in [0.5, 0.6) is 0 Å². The highest BCUT2D eigenvalue weighted by atomic mass is 32.2.